The van der Waals surface area contributed by atoms with Gasteiger partial charge in [-0.25, -0.2) is 18.7 Å². The normalized spacial score (nSPS) is 18.6. The van der Waals surface area contributed by atoms with Gasteiger partial charge in [-0.15, -0.1) is 36.6 Å². The van der Waals surface area contributed by atoms with Crippen molar-refractivity contribution < 1.29 is 13.6 Å². The molecule has 4 rings (SSSR count). The SMILES string of the molecule is C[C@@H]1SCc2ncnc(N3CCN(C(=O)[C@H](N)Cc4ccc(F)c(F)c4)CC3)c21.Cl.Cl. The highest BCUT2D eigenvalue weighted by Gasteiger charge is 2.31. The fourth-order valence-corrected chi connectivity index (χ4v) is 4.92. The number of amides is 1. The van der Waals surface area contributed by atoms with Gasteiger partial charge in [-0.05, 0) is 31.0 Å². The monoisotopic (exact) mass is 491 g/mol. The summed E-state index contributed by atoms with van der Waals surface area (Å²) in [6, 6.07) is 2.82. The van der Waals surface area contributed by atoms with E-state index in [1.54, 1.807) is 11.2 Å². The number of anilines is 1. The first kappa shape index (κ1) is 25.6. The number of benzene rings is 1. The molecule has 3 heterocycles. The summed E-state index contributed by atoms with van der Waals surface area (Å²) in [6.45, 7) is 4.60. The van der Waals surface area contributed by atoms with Gasteiger partial charge in [0.2, 0.25) is 5.91 Å². The smallest absolute Gasteiger partial charge is 0.239 e. The third kappa shape index (κ3) is 5.39. The maximum atomic E-state index is 13.4. The Morgan fingerprint density at radius 3 is 2.58 bits per heavy atom. The average Bonchev–Trinajstić information content (AvgIpc) is 3.11. The highest BCUT2D eigenvalue weighted by atomic mass is 35.5. The van der Waals surface area contributed by atoms with Gasteiger partial charge in [-0.3, -0.25) is 4.79 Å². The fraction of sp³-hybridized carbons (Fsp3) is 0.450. The molecule has 11 heteroatoms. The van der Waals surface area contributed by atoms with E-state index >= 15 is 0 Å². The molecule has 2 atom stereocenters. The molecule has 1 aromatic heterocycles. The second-order valence-corrected chi connectivity index (χ2v) is 8.71. The molecule has 2 aliphatic rings. The Morgan fingerprint density at radius 1 is 1.19 bits per heavy atom. The number of carbonyl (C=O) groups excluding carboxylic acids is 1. The van der Waals surface area contributed by atoms with Crippen LogP contribution in [0.4, 0.5) is 14.6 Å². The number of carbonyl (C=O) groups is 1. The van der Waals surface area contributed by atoms with Crippen LogP contribution in [0, 0.1) is 11.6 Å². The number of thioether (sulfide) groups is 1. The summed E-state index contributed by atoms with van der Waals surface area (Å²) in [7, 11) is 0. The van der Waals surface area contributed by atoms with Crippen LogP contribution in [0.2, 0.25) is 0 Å². The molecule has 0 radical (unpaired) electrons. The first-order chi connectivity index (χ1) is 13.9. The Kier molecular flexibility index (Phi) is 8.88. The predicted molar refractivity (Wildman–Crippen MR) is 123 cm³/mol. The zero-order chi connectivity index (χ0) is 20.5. The lowest BCUT2D eigenvalue weighted by Crippen LogP contribution is -2.54. The van der Waals surface area contributed by atoms with Crippen molar-refractivity contribution in [2.24, 2.45) is 5.73 Å². The molecular weight excluding hydrogens is 467 g/mol. The van der Waals surface area contributed by atoms with Crippen LogP contribution in [-0.2, 0) is 17.0 Å². The summed E-state index contributed by atoms with van der Waals surface area (Å²) in [4.78, 5) is 25.6. The van der Waals surface area contributed by atoms with Gasteiger partial charge >= 0.3 is 0 Å². The van der Waals surface area contributed by atoms with Gasteiger partial charge in [0.1, 0.15) is 12.1 Å². The third-order valence-corrected chi connectivity index (χ3v) is 6.65. The summed E-state index contributed by atoms with van der Waals surface area (Å²) < 4.78 is 26.5. The number of aromatic nitrogens is 2. The van der Waals surface area contributed by atoms with E-state index < -0.39 is 17.7 Å². The second kappa shape index (κ2) is 10.8. The van der Waals surface area contributed by atoms with E-state index in [1.807, 2.05) is 11.8 Å². The Bertz CT molecular complexity index is 930. The Labute approximate surface area is 196 Å². The van der Waals surface area contributed by atoms with Crippen LogP contribution < -0.4 is 10.6 Å². The molecule has 2 aromatic rings. The van der Waals surface area contributed by atoms with Gasteiger partial charge < -0.3 is 15.5 Å². The zero-order valence-electron chi connectivity index (χ0n) is 17.0. The summed E-state index contributed by atoms with van der Waals surface area (Å²) in [5, 5.41) is 0.366. The maximum absolute atomic E-state index is 13.4. The molecule has 1 fully saturated rings. The molecule has 1 aromatic carbocycles. The summed E-state index contributed by atoms with van der Waals surface area (Å²) in [5.41, 5.74) is 8.87. The molecule has 0 bridgehead atoms. The predicted octanol–water partition coefficient (Wildman–Crippen LogP) is 3.12. The van der Waals surface area contributed by atoms with Crippen LogP contribution in [0.25, 0.3) is 0 Å². The van der Waals surface area contributed by atoms with Crippen LogP contribution in [0.15, 0.2) is 24.5 Å². The topological polar surface area (TPSA) is 75.4 Å². The van der Waals surface area contributed by atoms with Crippen LogP contribution in [0.3, 0.4) is 0 Å². The van der Waals surface area contributed by atoms with Gasteiger partial charge in [0.25, 0.3) is 0 Å². The van der Waals surface area contributed by atoms with E-state index in [1.165, 1.54) is 11.6 Å². The van der Waals surface area contributed by atoms with Crippen molar-refractivity contribution in [2.75, 3.05) is 31.1 Å². The number of rotatable bonds is 4. The first-order valence-corrected chi connectivity index (χ1v) is 10.7. The number of nitrogens with zero attached hydrogens (tertiary/aromatic N) is 4. The largest absolute Gasteiger partial charge is 0.353 e. The molecule has 1 amide bonds. The molecule has 6 nitrogen and oxygen atoms in total. The third-order valence-electron chi connectivity index (χ3n) is 5.47. The molecule has 2 aliphatic heterocycles. The number of halogens is 4. The minimum Gasteiger partial charge on any atom is -0.353 e. The van der Waals surface area contributed by atoms with Gasteiger partial charge in [0.05, 0.1) is 11.7 Å². The summed E-state index contributed by atoms with van der Waals surface area (Å²) in [5.74, 6) is -0.144. The minimum absolute atomic E-state index is 0. The molecule has 31 heavy (non-hydrogen) atoms. The highest BCUT2D eigenvalue weighted by Crippen LogP contribution is 2.44. The van der Waals surface area contributed by atoms with Crippen LogP contribution in [0.5, 0.6) is 0 Å². The number of hydrogen-bond donors (Lipinski definition) is 1. The molecular formula is C20H25Cl2F2N5OS. The lowest BCUT2D eigenvalue weighted by Gasteiger charge is -2.37. The highest BCUT2D eigenvalue weighted by molar-refractivity contribution is 7.99. The number of hydrogen-bond acceptors (Lipinski definition) is 6. The number of fused-ring (bicyclic) bond motifs is 1. The van der Waals surface area contributed by atoms with E-state index in [0.29, 0.717) is 37.0 Å². The zero-order valence-corrected chi connectivity index (χ0v) is 19.4. The van der Waals surface area contributed by atoms with Crippen LogP contribution in [-0.4, -0.2) is 53.0 Å². The molecule has 0 spiro atoms. The van der Waals surface area contributed by atoms with Gasteiger partial charge in [-0.2, -0.15) is 0 Å². The van der Waals surface area contributed by atoms with E-state index in [4.69, 9.17) is 5.73 Å². The van der Waals surface area contributed by atoms with Crippen molar-refractivity contribution in [2.45, 2.75) is 30.4 Å². The quantitative estimate of drug-likeness (QED) is 0.707. The van der Waals surface area contributed by atoms with Gasteiger partial charge in [0, 0.05) is 42.7 Å². The molecule has 170 valence electrons. The van der Waals surface area contributed by atoms with Crippen molar-refractivity contribution in [3.63, 3.8) is 0 Å². The lowest BCUT2D eigenvalue weighted by atomic mass is 10.0. The summed E-state index contributed by atoms with van der Waals surface area (Å²) >= 11 is 1.86. The van der Waals surface area contributed by atoms with Gasteiger partial charge in [0.15, 0.2) is 11.6 Å². The van der Waals surface area contributed by atoms with E-state index in [9.17, 15) is 13.6 Å². The van der Waals surface area contributed by atoms with Crippen molar-refractivity contribution in [1.29, 1.82) is 0 Å². The van der Waals surface area contributed by atoms with Crippen LogP contribution in [0.1, 0.15) is 29.0 Å². The molecule has 0 saturated carbocycles. The van der Waals surface area contributed by atoms with E-state index in [2.05, 4.69) is 21.8 Å². The van der Waals surface area contributed by atoms with Crippen LogP contribution >= 0.6 is 36.6 Å². The summed E-state index contributed by atoms with van der Waals surface area (Å²) in [6.07, 6.45) is 1.78. The molecule has 0 unspecified atom stereocenters. The number of piperazine rings is 1. The molecule has 0 aliphatic carbocycles. The Morgan fingerprint density at radius 2 is 1.90 bits per heavy atom. The average molecular weight is 492 g/mol. The molecule has 2 N–H and O–H groups in total. The standard InChI is InChI=1S/C20H23F2N5OS.2ClH/c1-12-18-17(10-29-12)24-11-25-19(18)26-4-6-27(7-5-26)20(28)16(23)9-13-2-3-14(21)15(22)8-13;;/h2-3,8,11-12,16H,4-7,9-10,23H2,1H3;2*1H/t12-,16+;;/m0../s1. The van der Waals surface area contributed by atoms with Crippen molar-refractivity contribution in [3.05, 3.63) is 53.0 Å². The van der Waals surface area contributed by atoms with Crippen molar-refractivity contribution in [3.8, 4) is 0 Å². The minimum atomic E-state index is -0.930. The van der Waals surface area contributed by atoms with Gasteiger partial charge in [-0.1, -0.05) is 6.07 Å². The van der Waals surface area contributed by atoms with E-state index in [-0.39, 0.29) is 37.1 Å². The van der Waals surface area contributed by atoms with E-state index in [0.717, 1.165) is 29.4 Å². The Hall–Kier alpha value is -1.68. The first-order valence-electron chi connectivity index (χ1n) is 9.62. The van der Waals surface area contributed by atoms with Crippen molar-refractivity contribution >= 4 is 48.3 Å². The number of nitrogens with two attached hydrogens (primary N) is 1. The van der Waals surface area contributed by atoms with Crippen molar-refractivity contribution in [1.82, 2.24) is 14.9 Å². The lowest BCUT2D eigenvalue weighted by molar-refractivity contribution is -0.132. The second-order valence-electron chi connectivity index (χ2n) is 7.38. The Balaban J connectivity index is 0.00000171. The maximum Gasteiger partial charge on any atom is 0.239 e. The fourth-order valence-electron chi connectivity index (χ4n) is 3.87. The molecule has 1 saturated heterocycles.